The molecule has 1 saturated heterocycles. The number of aromatic amines is 1. The molecule has 2 heterocycles. The molecule has 0 unspecified atom stereocenters. The number of carbonyl (C=O) groups is 9. The van der Waals surface area contributed by atoms with Gasteiger partial charge in [0.2, 0.25) is 47.3 Å². The molecule has 24 heteroatoms. The van der Waals surface area contributed by atoms with Crippen molar-refractivity contribution in [2.24, 2.45) is 17.2 Å². The number of fused-ring (bicyclic) bond motifs is 1. The fourth-order valence-corrected chi connectivity index (χ4v) is 8.56. The normalized spacial score (nSPS) is 16.4. The molecule has 24 nitrogen and oxygen atoms in total. The smallest absolute Gasteiger partial charge is 0.325 e. The predicted octanol–water partition coefficient (Wildman–Crippen LogP) is -1.68. The zero-order valence-corrected chi connectivity index (χ0v) is 41.6. The highest BCUT2D eigenvalue weighted by Crippen LogP contribution is 2.23. The number of hydrogen-bond acceptors (Lipinski definition) is 14. The maximum absolute atomic E-state index is 14.9. The highest BCUT2D eigenvalue weighted by molar-refractivity contribution is 5.99. The number of primary amides is 1. The lowest BCUT2D eigenvalue weighted by Gasteiger charge is -2.31. The van der Waals surface area contributed by atoms with Crippen molar-refractivity contribution < 1.29 is 63.6 Å². The van der Waals surface area contributed by atoms with Crippen LogP contribution in [0.1, 0.15) is 69.1 Å². The lowest BCUT2D eigenvalue weighted by molar-refractivity contribution is -0.143. The molecule has 1 aliphatic rings. The minimum atomic E-state index is -1.65. The van der Waals surface area contributed by atoms with E-state index >= 15 is 0 Å². The van der Waals surface area contributed by atoms with Crippen LogP contribution < -0.4 is 49.1 Å². The van der Waals surface area contributed by atoms with Crippen LogP contribution in [0.25, 0.3) is 10.9 Å². The molecule has 9 atom stereocenters. The van der Waals surface area contributed by atoms with Crippen molar-refractivity contribution in [2.75, 3.05) is 13.1 Å². The summed E-state index contributed by atoms with van der Waals surface area (Å²) in [7, 11) is 0. The van der Waals surface area contributed by atoms with Gasteiger partial charge >= 0.3 is 5.97 Å². The van der Waals surface area contributed by atoms with E-state index in [0.717, 1.165) is 0 Å². The molecule has 5 rings (SSSR count). The predicted molar refractivity (Wildman–Crippen MR) is 272 cm³/mol. The van der Waals surface area contributed by atoms with Crippen molar-refractivity contribution in [1.82, 2.24) is 41.8 Å². The average molecular weight is 1040 g/mol. The van der Waals surface area contributed by atoms with E-state index in [0.29, 0.717) is 46.9 Å². The van der Waals surface area contributed by atoms with E-state index < -0.39 is 114 Å². The highest BCUT2D eigenvalue weighted by atomic mass is 16.4. The van der Waals surface area contributed by atoms with Crippen LogP contribution in [0, 0.1) is 0 Å². The Morgan fingerprint density at radius 3 is 1.85 bits per heavy atom. The van der Waals surface area contributed by atoms with E-state index in [1.54, 1.807) is 30.5 Å². The Morgan fingerprint density at radius 2 is 1.25 bits per heavy atom. The number of aromatic nitrogens is 1. The summed E-state index contributed by atoms with van der Waals surface area (Å²) >= 11 is 0. The molecular weight excluding hydrogens is 975 g/mol. The molecule has 1 fully saturated rings. The van der Waals surface area contributed by atoms with Gasteiger partial charge in [-0.15, -0.1) is 0 Å². The van der Waals surface area contributed by atoms with Gasteiger partial charge in [0, 0.05) is 42.9 Å². The number of nitrogens with two attached hydrogens (primary N) is 3. The number of rotatable bonds is 27. The standard InChI is InChI=1S/C51H67N11O13/c1-27(51(74)75)56-46(69)38(22-29-12-16-32(64)17-13-29)59-48(71)41-11-7-21-62(41)50(73)40(23-30-14-18-33(65)19-15-30)60-47(70)39(24-31-26-55-36-9-4-3-8-34(31)36)58-45(68)37(10-5-6-20-52)57-49(72)43(28(2)63)61-44(67)35(53)25-42(54)66/h3-4,8-9,12-19,26-28,35,37-41,43,55,63-65H,5-7,10-11,20-25,52-53H2,1-2H3,(H2,54,66)(H,56,69)(H,57,72)(H,58,68)(H,59,71)(H,60,70)(H,61,67)(H,74,75)/t27-,28+,35-,37-,38-,39-,40-,41-,43-/m0/s1. The van der Waals surface area contributed by atoms with Gasteiger partial charge in [-0.2, -0.15) is 0 Å². The van der Waals surface area contributed by atoms with Gasteiger partial charge in [-0.25, -0.2) is 0 Å². The van der Waals surface area contributed by atoms with Crippen LogP contribution in [0.3, 0.4) is 0 Å². The Hall–Kier alpha value is -8.09. The third-order valence-corrected chi connectivity index (χ3v) is 12.7. The third-order valence-electron chi connectivity index (χ3n) is 12.7. The number of amides is 8. The van der Waals surface area contributed by atoms with Crippen molar-refractivity contribution in [1.29, 1.82) is 0 Å². The summed E-state index contributed by atoms with van der Waals surface area (Å²) in [6, 6.07) is 7.68. The maximum atomic E-state index is 14.9. The van der Waals surface area contributed by atoms with Crippen molar-refractivity contribution in [2.45, 2.75) is 126 Å². The van der Waals surface area contributed by atoms with Crippen LogP contribution in [0.2, 0.25) is 0 Å². The van der Waals surface area contributed by atoms with Crippen molar-refractivity contribution in [3.8, 4) is 11.5 Å². The third kappa shape index (κ3) is 16.7. The molecule has 3 aromatic carbocycles. The second-order valence-electron chi connectivity index (χ2n) is 18.6. The van der Waals surface area contributed by atoms with Gasteiger partial charge in [-0.3, -0.25) is 43.2 Å². The van der Waals surface area contributed by atoms with Crippen molar-refractivity contribution in [3.05, 3.63) is 95.7 Å². The minimum absolute atomic E-state index is 0.0196. The van der Waals surface area contributed by atoms with Crippen molar-refractivity contribution in [3.63, 3.8) is 0 Å². The first kappa shape index (κ1) is 57.8. The number of unbranched alkanes of at least 4 members (excludes halogenated alkanes) is 1. The van der Waals surface area contributed by atoms with Gasteiger partial charge in [0.15, 0.2) is 0 Å². The Morgan fingerprint density at radius 1 is 0.693 bits per heavy atom. The average Bonchev–Trinajstić information content (AvgIpc) is 4.03. The fraction of sp³-hybridized carbons (Fsp3) is 0.431. The number of aliphatic hydroxyl groups excluding tert-OH is 1. The molecule has 75 heavy (non-hydrogen) atoms. The number of benzene rings is 3. The number of likely N-dealkylation sites (tertiary alicyclic amines) is 1. The SMILES string of the molecule is C[C@H](NC(=O)[C@H](Cc1ccc(O)cc1)NC(=O)[C@@H]1CCCN1C(=O)[C@H](Cc1ccc(O)cc1)NC(=O)[C@H](Cc1c[nH]c2ccccc12)NC(=O)[C@H](CCCCN)NC(=O)[C@@H](NC(=O)[C@@H](N)CC(N)=O)[C@@H](C)O)C(=O)O. The number of para-hydroxylation sites is 1. The van der Waals surface area contributed by atoms with E-state index in [1.165, 1.54) is 67.3 Å². The molecule has 404 valence electrons. The highest BCUT2D eigenvalue weighted by Gasteiger charge is 2.41. The number of H-pyrrole nitrogens is 1. The Labute approximate surface area is 431 Å². The second kappa shape index (κ2) is 27.3. The molecule has 0 spiro atoms. The summed E-state index contributed by atoms with van der Waals surface area (Å²) in [6.45, 7) is 2.74. The Kier molecular flexibility index (Phi) is 21.0. The summed E-state index contributed by atoms with van der Waals surface area (Å²) in [5.41, 5.74) is 19.0. The molecular formula is C51H67N11O13. The minimum Gasteiger partial charge on any atom is -0.508 e. The maximum Gasteiger partial charge on any atom is 0.325 e. The number of aliphatic carboxylic acids is 1. The van der Waals surface area contributed by atoms with Crippen LogP contribution in [-0.4, -0.2) is 151 Å². The molecule has 0 bridgehead atoms. The zero-order valence-electron chi connectivity index (χ0n) is 41.6. The molecule has 0 aliphatic carbocycles. The van der Waals surface area contributed by atoms with Gasteiger partial charge in [-0.1, -0.05) is 42.5 Å². The lowest BCUT2D eigenvalue weighted by Crippen LogP contribution is -2.61. The number of nitrogens with one attached hydrogen (secondary N) is 7. The van der Waals surface area contributed by atoms with Crippen LogP contribution in [-0.2, 0) is 62.4 Å². The number of aliphatic hydroxyl groups is 1. The molecule has 1 aliphatic heterocycles. The van der Waals surface area contributed by atoms with Gasteiger partial charge in [0.05, 0.1) is 18.6 Å². The lowest BCUT2D eigenvalue weighted by atomic mass is 10.00. The van der Waals surface area contributed by atoms with E-state index in [9.17, 15) is 63.6 Å². The molecule has 17 N–H and O–H groups in total. The van der Waals surface area contributed by atoms with E-state index in [2.05, 4.69) is 36.9 Å². The summed E-state index contributed by atoms with van der Waals surface area (Å²) in [6.07, 6.45) is 0.324. The largest absolute Gasteiger partial charge is 0.508 e. The Balaban J connectivity index is 1.45. The number of carboxylic acids is 1. The van der Waals surface area contributed by atoms with Crippen LogP contribution >= 0.6 is 0 Å². The quantitative estimate of drug-likeness (QED) is 0.0297. The number of nitrogens with zero attached hydrogens (tertiary/aromatic N) is 1. The van der Waals surface area contributed by atoms with E-state index in [1.807, 2.05) is 0 Å². The number of phenols is 2. The van der Waals surface area contributed by atoms with Gasteiger partial charge < -0.3 is 79.4 Å². The number of aromatic hydroxyl groups is 2. The van der Waals surface area contributed by atoms with E-state index in [4.69, 9.17) is 17.2 Å². The number of hydrogen-bond donors (Lipinski definition) is 14. The monoisotopic (exact) mass is 1040 g/mol. The molecule has 0 saturated carbocycles. The van der Waals surface area contributed by atoms with Gasteiger partial charge in [0.25, 0.3) is 0 Å². The number of carboxylic acid groups (broad SMARTS) is 1. The summed E-state index contributed by atoms with van der Waals surface area (Å²) in [5, 5.41) is 56.1. The van der Waals surface area contributed by atoms with Gasteiger partial charge in [-0.05, 0) is 99.5 Å². The topological polar surface area (TPSA) is 404 Å². The number of phenolic OH excluding ortho intramolecular Hbond substituents is 2. The summed E-state index contributed by atoms with van der Waals surface area (Å²) < 4.78 is 0. The Bertz CT molecular complexity index is 2660. The molecule has 1 aromatic heterocycles. The number of carbonyl (C=O) groups excluding carboxylic acids is 8. The zero-order chi connectivity index (χ0) is 54.9. The van der Waals surface area contributed by atoms with E-state index in [-0.39, 0.29) is 56.7 Å². The van der Waals surface area contributed by atoms with Crippen LogP contribution in [0.5, 0.6) is 11.5 Å². The summed E-state index contributed by atoms with van der Waals surface area (Å²) in [4.78, 5) is 126. The first-order valence-corrected chi connectivity index (χ1v) is 24.5. The second-order valence-corrected chi connectivity index (χ2v) is 18.6. The van der Waals surface area contributed by atoms with Gasteiger partial charge in [0.1, 0.15) is 53.8 Å². The summed E-state index contributed by atoms with van der Waals surface area (Å²) in [5.74, 6) is -8.28. The van der Waals surface area contributed by atoms with Crippen molar-refractivity contribution >= 4 is 64.1 Å². The fourth-order valence-electron chi connectivity index (χ4n) is 8.56. The molecule has 8 amide bonds. The first-order chi connectivity index (χ1) is 35.6. The van der Waals surface area contributed by atoms with Crippen LogP contribution in [0.4, 0.5) is 0 Å². The van der Waals surface area contributed by atoms with Crippen LogP contribution in [0.15, 0.2) is 79.0 Å². The molecule has 4 aromatic rings. The molecule has 0 radical (unpaired) electrons. The first-order valence-electron chi connectivity index (χ1n) is 24.5.